The minimum Gasteiger partial charge on any atom is -0.392 e. The summed E-state index contributed by atoms with van der Waals surface area (Å²) in [4.78, 5) is 8.20. The molecule has 0 unspecified atom stereocenters. The first kappa shape index (κ1) is 10.4. The molecule has 72 valence electrons. The molecule has 0 spiro atoms. The van der Waals surface area contributed by atoms with Crippen LogP contribution in [0.5, 0.6) is 0 Å². The molecule has 0 aliphatic heterocycles. The molecule has 0 aliphatic carbocycles. The molecule has 4 nitrogen and oxygen atoms in total. The molecule has 0 radical (unpaired) electrons. The summed E-state index contributed by atoms with van der Waals surface area (Å²) in [6, 6.07) is 0. The van der Waals surface area contributed by atoms with Crippen molar-refractivity contribution in [1.29, 1.82) is 0 Å². The number of rotatable bonds is 3. The van der Waals surface area contributed by atoms with Crippen molar-refractivity contribution >= 4 is 21.9 Å². The summed E-state index contributed by atoms with van der Waals surface area (Å²) >= 11 is 3.31. The molecule has 0 aromatic carbocycles. The van der Waals surface area contributed by atoms with Crippen molar-refractivity contribution in [2.75, 3.05) is 11.9 Å². The molecule has 1 atom stereocenters. The Morgan fingerprint density at radius 1 is 1.69 bits per heavy atom. The van der Waals surface area contributed by atoms with Gasteiger partial charge in [0, 0.05) is 12.7 Å². The lowest BCUT2D eigenvalue weighted by atomic mass is 10.4. The number of nitrogens with one attached hydrogen (secondary N) is 1. The van der Waals surface area contributed by atoms with Crippen LogP contribution >= 0.6 is 15.9 Å². The minimum atomic E-state index is -0.396. The fourth-order valence-electron chi connectivity index (χ4n) is 0.777. The van der Waals surface area contributed by atoms with Crippen molar-refractivity contribution in [1.82, 2.24) is 9.97 Å². The molecule has 0 amide bonds. The Balaban J connectivity index is 2.63. The van der Waals surface area contributed by atoms with Crippen molar-refractivity contribution in [3.63, 3.8) is 0 Å². The highest BCUT2D eigenvalue weighted by atomic mass is 79.9. The number of aromatic nitrogens is 2. The average Bonchev–Trinajstić information content (AvgIpc) is 2.07. The smallest absolute Gasteiger partial charge is 0.223 e. The van der Waals surface area contributed by atoms with Gasteiger partial charge in [-0.1, -0.05) is 0 Å². The zero-order valence-corrected chi connectivity index (χ0v) is 9.17. The number of aliphatic hydroxyl groups excluding tert-OH is 1. The first-order chi connectivity index (χ1) is 6.09. The van der Waals surface area contributed by atoms with Crippen LogP contribution in [0.4, 0.5) is 5.95 Å². The zero-order valence-electron chi connectivity index (χ0n) is 7.58. The molecule has 5 heteroatoms. The fraction of sp³-hybridized carbons (Fsp3) is 0.500. The molecule has 1 rings (SSSR count). The van der Waals surface area contributed by atoms with Crippen LogP contribution in [0.1, 0.15) is 12.6 Å². The van der Waals surface area contributed by atoms with Crippen LogP contribution in [0.15, 0.2) is 10.7 Å². The standard InChI is InChI=1S/C8H12BrN3O/c1-5(13)3-10-8-11-4-7(9)6(2)12-8/h4-5,13H,3H2,1-2H3,(H,10,11,12)/t5-/m1/s1. The lowest BCUT2D eigenvalue weighted by Crippen LogP contribution is -2.17. The summed E-state index contributed by atoms with van der Waals surface area (Å²) in [5.74, 6) is 0.543. The number of nitrogens with zero attached hydrogens (tertiary/aromatic N) is 2. The van der Waals surface area contributed by atoms with Crippen molar-refractivity contribution in [2.24, 2.45) is 0 Å². The average molecular weight is 246 g/mol. The Labute approximate surface area is 85.5 Å². The van der Waals surface area contributed by atoms with Gasteiger partial charge in [0.15, 0.2) is 0 Å². The molecule has 1 heterocycles. The second-order valence-electron chi connectivity index (χ2n) is 2.86. The normalized spacial score (nSPS) is 12.6. The van der Waals surface area contributed by atoms with Crippen LogP contribution in [0.3, 0.4) is 0 Å². The maximum Gasteiger partial charge on any atom is 0.223 e. The topological polar surface area (TPSA) is 58.0 Å². The summed E-state index contributed by atoms with van der Waals surface area (Å²) in [5, 5.41) is 11.9. The van der Waals surface area contributed by atoms with Gasteiger partial charge in [-0.05, 0) is 29.8 Å². The van der Waals surface area contributed by atoms with Crippen molar-refractivity contribution in [3.05, 3.63) is 16.4 Å². The van der Waals surface area contributed by atoms with Gasteiger partial charge in [-0.25, -0.2) is 9.97 Å². The highest BCUT2D eigenvalue weighted by Gasteiger charge is 2.01. The van der Waals surface area contributed by atoms with E-state index >= 15 is 0 Å². The third kappa shape index (κ3) is 3.28. The van der Waals surface area contributed by atoms with Crippen molar-refractivity contribution < 1.29 is 5.11 Å². The maximum atomic E-state index is 9.01. The highest BCUT2D eigenvalue weighted by Crippen LogP contribution is 2.13. The summed E-state index contributed by atoms with van der Waals surface area (Å²) in [6.45, 7) is 4.05. The van der Waals surface area contributed by atoms with E-state index in [0.29, 0.717) is 12.5 Å². The highest BCUT2D eigenvalue weighted by molar-refractivity contribution is 9.10. The third-order valence-electron chi connectivity index (χ3n) is 1.48. The number of halogens is 1. The predicted molar refractivity (Wildman–Crippen MR) is 54.6 cm³/mol. The van der Waals surface area contributed by atoms with Gasteiger partial charge < -0.3 is 10.4 Å². The van der Waals surface area contributed by atoms with Gasteiger partial charge in [-0.15, -0.1) is 0 Å². The van der Waals surface area contributed by atoms with Gasteiger partial charge in [0.2, 0.25) is 5.95 Å². The molecule has 0 aliphatic rings. The molecule has 0 saturated carbocycles. The van der Waals surface area contributed by atoms with Gasteiger partial charge in [0.1, 0.15) is 0 Å². The first-order valence-electron chi connectivity index (χ1n) is 4.00. The second-order valence-corrected chi connectivity index (χ2v) is 3.71. The van der Waals surface area contributed by atoms with Crippen LogP contribution in [0.2, 0.25) is 0 Å². The second kappa shape index (κ2) is 4.53. The van der Waals surface area contributed by atoms with Crippen molar-refractivity contribution in [3.8, 4) is 0 Å². The lowest BCUT2D eigenvalue weighted by Gasteiger charge is -2.07. The van der Waals surface area contributed by atoms with E-state index in [4.69, 9.17) is 5.11 Å². The Morgan fingerprint density at radius 2 is 2.38 bits per heavy atom. The maximum absolute atomic E-state index is 9.01. The number of hydrogen-bond donors (Lipinski definition) is 2. The van der Waals surface area contributed by atoms with E-state index in [1.54, 1.807) is 13.1 Å². The zero-order chi connectivity index (χ0) is 9.84. The monoisotopic (exact) mass is 245 g/mol. The summed E-state index contributed by atoms with van der Waals surface area (Å²) in [7, 11) is 0. The quantitative estimate of drug-likeness (QED) is 0.844. The molecular formula is C8H12BrN3O. The summed E-state index contributed by atoms with van der Waals surface area (Å²) in [5.41, 5.74) is 0.878. The van der Waals surface area contributed by atoms with Gasteiger partial charge >= 0.3 is 0 Å². The Kier molecular flexibility index (Phi) is 3.62. The molecular weight excluding hydrogens is 234 g/mol. The Morgan fingerprint density at radius 3 is 2.92 bits per heavy atom. The number of aryl methyl sites for hydroxylation is 1. The molecule has 2 N–H and O–H groups in total. The van der Waals surface area contributed by atoms with E-state index < -0.39 is 6.10 Å². The van der Waals surface area contributed by atoms with Crippen LogP contribution in [-0.2, 0) is 0 Å². The van der Waals surface area contributed by atoms with Crippen LogP contribution in [0, 0.1) is 6.92 Å². The summed E-state index contributed by atoms with van der Waals surface area (Å²) < 4.78 is 0.884. The van der Waals surface area contributed by atoms with Gasteiger partial charge in [-0.2, -0.15) is 0 Å². The Hall–Kier alpha value is -0.680. The molecule has 0 fully saturated rings. The number of aliphatic hydroxyl groups is 1. The number of hydrogen-bond acceptors (Lipinski definition) is 4. The SMILES string of the molecule is Cc1nc(NC[C@@H](C)O)ncc1Br. The van der Waals surface area contributed by atoms with E-state index in [9.17, 15) is 0 Å². The first-order valence-corrected chi connectivity index (χ1v) is 4.80. The number of anilines is 1. The molecule has 1 aromatic heterocycles. The molecule has 0 saturated heterocycles. The fourth-order valence-corrected chi connectivity index (χ4v) is 0.968. The largest absolute Gasteiger partial charge is 0.392 e. The van der Waals surface area contributed by atoms with E-state index in [0.717, 1.165) is 10.2 Å². The van der Waals surface area contributed by atoms with Crippen LogP contribution < -0.4 is 5.32 Å². The van der Waals surface area contributed by atoms with E-state index in [-0.39, 0.29) is 0 Å². The minimum absolute atomic E-state index is 0.396. The van der Waals surface area contributed by atoms with Crippen molar-refractivity contribution in [2.45, 2.75) is 20.0 Å². The molecule has 13 heavy (non-hydrogen) atoms. The van der Waals surface area contributed by atoms with Gasteiger partial charge in [0.25, 0.3) is 0 Å². The molecule has 0 bridgehead atoms. The predicted octanol–water partition coefficient (Wildman–Crippen LogP) is 1.34. The van der Waals surface area contributed by atoms with E-state index in [1.807, 2.05) is 6.92 Å². The molecule has 1 aromatic rings. The summed E-state index contributed by atoms with van der Waals surface area (Å²) in [6.07, 6.45) is 1.29. The lowest BCUT2D eigenvalue weighted by molar-refractivity contribution is 0.208. The van der Waals surface area contributed by atoms with E-state index in [2.05, 4.69) is 31.2 Å². The van der Waals surface area contributed by atoms with Crippen LogP contribution in [-0.4, -0.2) is 27.7 Å². The van der Waals surface area contributed by atoms with E-state index in [1.165, 1.54) is 0 Å². The third-order valence-corrected chi connectivity index (χ3v) is 2.25. The van der Waals surface area contributed by atoms with Crippen LogP contribution in [0.25, 0.3) is 0 Å². The van der Waals surface area contributed by atoms with Gasteiger partial charge in [-0.3, -0.25) is 0 Å². The Bertz CT molecular complexity index is 291. The van der Waals surface area contributed by atoms with Gasteiger partial charge in [0.05, 0.1) is 16.3 Å².